The molecule has 84 valence electrons. The van der Waals surface area contributed by atoms with E-state index in [0.29, 0.717) is 18.2 Å². The van der Waals surface area contributed by atoms with E-state index in [0.717, 1.165) is 22.6 Å². The van der Waals surface area contributed by atoms with Gasteiger partial charge in [0.2, 0.25) is 0 Å². The summed E-state index contributed by atoms with van der Waals surface area (Å²) >= 11 is 4.99. The normalized spacial score (nSPS) is 31.5. The lowest BCUT2D eigenvalue weighted by Crippen LogP contribution is -2.36. The average molecular weight is 291 g/mol. The second kappa shape index (κ2) is 4.80. The second-order valence-electron chi connectivity index (χ2n) is 4.05. The van der Waals surface area contributed by atoms with Gasteiger partial charge >= 0.3 is 0 Å². The van der Waals surface area contributed by atoms with Crippen LogP contribution in [-0.2, 0) is 4.74 Å². The Morgan fingerprint density at radius 2 is 2.13 bits per heavy atom. The minimum atomic E-state index is 0.342. The molecule has 2 rings (SSSR count). The summed E-state index contributed by atoms with van der Waals surface area (Å²) in [4.78, 5) is 4.34. The van der Waals surface area contributed by atoms with Crippen LogP contribution in [0.3, 0.4) is 0 Å². The summed E-state index contributed by atoms with van der Waals surface area (Å²) in [6.45, 7) is 4.25. The third kappa shape index (κ3) is 3.16. The molecule has 0 amide bonds. The van der Waals surface area contributed by atoms with Gasteiger partial charge in [-0.05, 0) is 42.6 Å². The number of halogens is 1. The van der Waals surface area contributed by atoms with Crippen LogP contribution in [-0.4, -0.2) is 23.2 Å². The summed E-state index contributed by atoms with van der Waals surface area (Å²) in [7, 11) is 0. The zero-order valence-corrected chi connectivity index (χ0v) is 11.3. The number of hydrogen-bond acceptors (Lipinski definition) is 4. The highest BCUT2D eigenvalue weighted by Crippen LogP contribution is 2.25. The fourth-order valence-electron chi connectivity index (χ4n) is 2.02. The van der Waals surface area contributed by atoms with E-state index in [9.17, 15) is 0 Å². The monoisotopic (exact) mass is 290 g/mol. The van der Waals surface area contributed by atoms with Crippen molar-refractivity contribution in [3.63, 3.8) is 0 Å². The Kier molecular flexibility index (Phi) is 3.64. The van der Waals surface area contributed by atoms with Gasteiger partial charge in [-0.1, -0.05) is 0 Å². The van der Waals surface area contributed by atoms with Crippen molar-refractivity contribution in [2.75, 3.05) is 5.32 Å². The predicted octanol–water partition coefficient (Wildman–Crippen LogP) is 3.27. The highest BCUT2D eigenvalue weighted by Gasteiger charge is 2.24. The van der Waals surface area contributed by atoms with E-state index in [1.54, 1.807) is 11.3 Å². The molecule has 2 heterocycles. The van der Waals surface area contributed by atoms with Gasteiger partial charge in [0.25, 0.3) is 0 Å². The van der Waals surface area contributed by atoms with Crippen molar-refractivity contribution < 1.29 is 4.74 Å². The van der Waals surface area contributed by atoms with Crippen LogP contribution in [0.15, 0.2) is 9.98 Å². The van der Waals surface area contributed by atoms with E-state index in [-0.39, 0.29) is 0 Å². The van der Waals surface area contributed by atoms with Crippen molar-refractivity contribution in [3.05, 3.63) is 9.98 Å². The Morgan fingerprint density at radius 1 is 1.47 bits per heavy atom. The number of anilines is 1. The van der Waals surface area contributed by atoms with Gasteiger partial charge in [-0.3, -0.25) is 0 Å². The fraction of sp³-hybridized carbons (Fsp3) is 0.700. The molecule has 3 nitrogen and oxygen atoms in total. The number of nitrogens with one attached hydrogen (secondary N) is 1. The van der Waals surface area contributed by atoms with Crippen LogP contribution < -0.4 is 5.32 Å². The topological polar surface area (TPSA) is 34.2 Å². The van der Waals surface area contributed by atoms with Crippen molar-refractivity contribution in [1.29, 1.82) is 0 Å². The molecule has 2 unspecified atom stereocenters. The van der Waals surface area contributed by atoms with Gasteiger partial charge in [-0.25, -0.2) is 4.98 Å². The van der Waals surface area contributed by atoms with Crippen molar-refractivity contribution in [2.24, 2.45) is 0 Å². The summed E-state index contributed by atoms with van der Waals surface area (Å²) in [5.41, 5.74) is 0. The molecule has 1 aromatic rings. The Balaban J connectivity index is 1.94. The van der Waals surface area contributed by atoms with Gasteiger partial charge in [0.1, 0.15) is 4.60 Å². The third-order valence-electron chi connectivity index (χ3n) is 2.50. The zero-order valence-electron chi connectivity index (χ0n) is 8.87. The molecule has 0 bridgehead atoms. The molecule has 0 saturated carbocycles. The van der Waals surface area contributed by atoms with E-state index in [2.05, 4.69) is 40.1 Å². The molecule has 15 heavy (non-hydrogen) atoms. The minimum Gasteiger partial charge on any atom is -0.375 e. The first kappa shape index (κ1) is 11.4. The number of ether oxygens (including phenoxy) is 1. The highest BCUT2D eigenvalue weighted by atomic mass is 79.9. The Hall–Kier alpha value is -0.130. The summed E-state index contributed by atoms with van der Waals surface area (Å²) in [5.74, 6) is 0. The van der Waals surface area contributed by atoms with Crippen LogP contribution in [0, 0.1) is 0 Å². The molecular formula is C10H15BrN2OS. The van der Waals surface area contributed by atoms with Gasteiger partial charge in [-0.15, -0.1) is 11.3 Å². The van der Waals surface area contributed by atoms with E-state index >= 15 is 0 Å². The Bertz CT molecular complexity index is 321. The zero-order chi connectivity index (χ0) is 10.8. The first-order chi connectivity index (χ1) is 7.13. The van der Waals surface area contributed by atoms with Gasteiger partial charge in [0.05, 0.1) is 12.2 Å². The van der Waals surface area contributed by atoms with Crippen molar-refractivity contribution >= 4 is 32.4 Å². The Labute approximate surface area is 102 Å². The van der Waals surface area contributed by atoms with Crippen LogP contribution in [0.1, 0.15) is 26.7 Å². The summed E-state index contributed by atoms with van der Waals surface area (Å²) in [6.07, 6.45) is 2.80. The maximum absolute atomic E-state index is 5.69. The molecule has 2 atom stereocenters. The second-order valence-corrected chi connectivity index (χ2v) is 5.72. The average Bonchev–Trinajstić information content (AvgIpc) is 2.49. The number of thiazole rings is 1. The number of aromatic nitrogens is 1. The van der Waals surface area contributed by atoms with E-state index in [1.165, 1.54) is 0 Å². The fourth-order valence-corrected chi connectivity index (χ4v) is 3.24. The molecule has 5 heteroatoms. The van der Waals surface area contributed by atoms with E-state index in [1.807, 2.05) is 5.38 Å². The van der Waals surface area contributed by atoms with Crippen molar-refractivity contribution in [3.8, 4) is 0 Å². The third-order valence-corrected chi connectivity index (χ3v) is 3.98. The van der Waals surface area contributed by atoms with Gasteiger partial charge < -0.3 is 10.1 Å². The molecule has 0 aliphatic carbocycles. The maximum atomic E-state index is 5.69. The molecule has 1 aliphatic rings. The first-order valence-corrected chi connectivity index (χ1v) is 6.84. The predicted molar refractivity (Wildman–Crippen MR) is 66.5 cm³/mol. The van der Waals surface area contributed by atoms with Gasteiger partial charge in [0, 0.05) is 11.4 Å². The summed E-state index contributed by atoms with van der Waals surface area (Å²) in [5, 5.41) is 6.45. The first-order valence-electron chi connectivity index (χ1n) is 5.16. The lowest BCUT2D eigenvalue weighted by molar-refractivity contribution is -0.0337. The molecule has 1 saturated heterocycles. The van der Waals surface area contributed by atoms with Crippen molar-refractivity contribution in [1.82, 2.24) is 4.98 Å². The van der Waals surface area contributed by atoms with Gasteiger partial charge in [-0.2, -0.15) is 0 Å². The van der Waals surface area contributed by atoms with Crippen molar-refractivity contribution in [2.45, 2.75) is 44.9 Å². The largest absolute Gasteiger partial charge is 0.375 e. The molecule has 1 fully saturated rings. The van der Waals surface area contributed by atoms with Crippen LogP contribution in [0.5, 0.6) is 0 Å². The molecular weight excluding hydrogens is 276 g/mol. The molecule has 0 spiro atoms. The smallest absolute Gasteiger partial charge is 0.183 e. The Morgan fingerprint density at radius 3 is 2.67 bits per heavy atom. The standard InChI is InChI=1S/C10H15BrN2OS/c1-6-3-8(4-7(2)14-6)12-10-13-9(11)5-15-10/h5-8H,3-4H2,1-2H3,(H,12,13). The lowest BCUT2D eigenvalue weighted by Gasteiger charge is -2.32. The quantitative estimate of drug-likeness (QED) is 0.908. The minimum absolute atomic E-state index is 0.342. The SMILES string of the molecule is CC1CC(Nc2nc(Br)cs2)CC(C)O1. The molecule has 1 N–H and O–H groups in total. The highest BCUT2D eigenvalue weighted by molar-refractivity contribution is 9.10. The maximum Gasteiger partial charge on any atom is 0.183 e. The molecule has 1 aliphatic heterocycles. The van der Waals surface area contributed by atoms with Crippen LogP contribution in [0.2, 0.25) is 0 Å². The summed E-state index contributed by atoms with van der Waals surface area (Å²) < 4.78 is 6.60. The van der Waals surface area contributed by atoms with Crippen LogP contribution >= 0.6 is 27.3 Å². The molecule has 1 aromatic heterocycles. The van der Waals surface area contributed by atoms with E-state index in [4.69, 9.17) is 4.74 Å². The number of nitrogens with zero attached hydrogens (tertiary/aromatic N) is 1. The molecule has 0 aromatic carbocycles. The van der Waals surface area contributed by atoms with E-state index < -0.39 is 0 Å². The molecule has 0 radical (unpaired) electrons. The lowest BCUT2D eigenvalue weighted by atomic mass is 10.0. The summed E-state index contributed by atoms with van der Waals surface area (Å²) in [6, 6.07) is 0.488. The van der Waals surface area contributed by atoms with Crippen LogP contribution in [0.4, 0.5) is 5.13 Å². The number of hydrogen-bond donors (Lipinski definition) is 1. The van der Waals surface area contributed by atoms with Crippen LogP contribution in [0.25, 0.3) is 0 Å². The van der Waals surface area contributed by atoms with Gasteiger partial charge in [0.15, 0.2) is 5.13 Å². The number of rotatable bonds is 2.